The van der Waals surface area contributed by atoms with Crippen LogP contribution in [0.4, 0.5) is 5.82 Å². The number of anilines is 1. The van der Waals surface area contributed by atoms with Gasteiger partial charge in [-0.1, -0.05) is 36.4 Å². The second kappa shape index (κ2) is 11.8. The number of hydrogen-bond acceptors (Lipinski definition) is 10. The van der Waals surface area contributed by atoms with Gasteiger partial charge in [-0.15, -0.1) is 0 Å². The average molecular weight is 559 g/mol. The van der Waals surface area contributed by atoms with Gasteiger partial charge < -0.3 is 24.5 Å². The van der Waals surface area contributed by atoms with Gasteiger partial charge in [-0.05, 0) is 50.1 Å². The molecule has 0 unspecified atom stereocenters. The molecule has 0 bridgehead atoms. The van der Waals surface area contributed by atoms with Crippen LogP contribution in [0.25, 0.3) is 10.8 Å². The van der Waals surface area contributed by atoms with Crippen molar-refractivity contribution in [1.82, 2.24) is 14.6 Å². The number of rotatable bonds is 10. The van der Waals surface area contributed by atoms with Crippen molar-refractivity contribution in [3.63, 3.8) is 0 Å². The molecule has 1 saturated carbocycles. The first-order valence-corrected chi connectivity index (χ1v) is 14.4. The Labute approximate surface area is 224 Å². The van der Waals surface area contributed by atoms with Crippen LogP contribution in [-0.4, -0.2) is 47.2 Å². The fraction of sp³-hybridized carbons (Fsp3) is 0.423. The minimum atomic E-state index is -4.17. The molecule has 1 aliphatic carbocycles. The zero-order valence-electron chi connectivity index (χ0n) is 21.4. The minimum absolute atomic E-state index is 0.0333. The average Bonchev–Trinajstić information content (AvgIpc) is 3.60. The van der Waals surface area contributed by atoms with E-state index >= 15 is 0 Å². The highest BCUT2D eigenvalue weighted by molar-refractivity contribution is 7.52. The monoisotopic (exact) mass is 558 g/mol. The second-order valence-electron chi connectivity index (χ2n) is 9.45. The van der Waals surface area contributed by atoms with Crippen molar-refractivity contribution in [3.05, 3.63) is 65.2 Å². The number of nitrogens with two attached hydrogens (primary N) is 1. The fourth-order valence-electron chi connectivity index (χ4n) is 4.54. The molecule has 3 aromatic rings. The first-order valence-electron chi connectivity index (χ1n) is 12.8. The smallest absolute Gasteiger partial charge is 0.459 e. The molecule has 12 nitrogen and oxygen atoms in total. The Balaban J connectivity index is 1.30. The molecule has 2 aromatic carbocycles. The van der Waals surface area contributed by atoms with Gasteiger partial charge >= 0.3 is 19.4 Å². The number of carbonyl (C=O) groups excluding carboxylic acids is 1. The SMILES string of the molecule is C[C@H](N[P@@](=O)(OC[C@H]1OC[C@@H](n2ccc(N)nc2=O)O1)Oc1cccc2ccccc12)C(=O)OC1CCCC1. The summed E-state index contributed by atoms with van der Waals surface area (Å²) in [7, 11) is -4.17. The topological polar surface area (TPSA) is 153 Å². The Morgan fingerprint density at radius 3 is 2.77 bits per heavy atom. The molecule has 208 valence electrons. The summed E-state index contributed by atoms with van der Waals surface area (Å²) in [5, 5.41) is 4.30. The molecule has 2 aliphatic rings. The third kappa shape index (κ3) is 6.66. The summed E-state index contributed by atoms with van der Waals surface area (Å²) >= 11 is 0. The zero-order valence-corrected chi connectivity index (χ0v) is 22.3. The van der Waals surface area contributed by atoms with Gasteiger partial charge in [-0.25, -0.2) is 9.36 Å². The number of ether oxygens (including phenoxy) is 3. The lowest BCUT2D eigenvalue weighted by Crippen LogP contribution is -2.37. The molecule has 0 amide bonds. The van der Waals surface area contributed by atoms with Crippen molar-refractivity contribution >= 4 is 30.3 Å². The van der Waals surface area contributed by atoms with Crippen molar-refractivity contribution < 1.29 is 32.6 Å². The van der Waals surface area contributed by atoms with Crippen LogP contribution in [0.5, 0.6) is 5.75 Å². The van der Waals surface area contributed by atoms with Crippen LogP contribution in [0.3, 0.4) is 0 Å². The van der Waals surface area contributed by atoms with E-state index in [0.29, 0.717) is 5.75 Å². The van der Waals surface area contributed by atoms with Crippen molar-refractivity contribution in [2.45, 2.75) is 57.3 Å². The van der Waals surface area contributed by atoms with Gasteiger partial charge in [0.2, 0.25) is 0 Å². The molecule has 1 aliphatic heterocycles. The molecule has 5 rings (SSSR count). The Kier molecular flexibility index (Phi) is 8.29. The number of fused-ring (bicyclic) bond motifs is 1. The number of aromatic nitrogens is 2. The maximum absolute atomic E-state index is 14.0. The van der Waals surface area contributed by atoms with Crippen LogP contribution in [0, 0.1) is 0 Å². The van der Waals surface area contributed by atoms with E-state index in [1.165, 1.54) is 16.8 Å². The van der Waals surface area contributed by atoms with Gasteiger partial charge in [0.1, 0.15) is 30.3 Å². The number of nitrogen functional groups attached to an aromatic ring is 1. The molecule has 1 aromatic heterocycles. The molecule has 2 heterocycles. The first-order chi connectivity index (χ1) is 18.8. The third-order valence-electron chi connectivity index (χ3n) is 6.53. The van der Waals surface area contributed by atoms with Gasteiger partial charge in [0.15, 0.2) is 12.5 Å². The van der Waals surface area contributed by atoms with Crippen LogP contribution in [0.15, 0.2) is 59.5 Å². The molecule has 1 saturated heterocycles. The molecule has 13 heteroatoms. The van der Waals surface area contributed by atoms with E-state index in [4.69, 9.17) is 29.0 Å². The van der Waals surface area contributed by atoms with Crippen molar-refractivity contribution in [1.29, 1.82) is 0 Å². The fourth-order valence-corrected chi connectivity index (χ4v) is 6.03. The highest BCUT2D eigenvalue weighted by Gasteiger charge is 2.37. The van der Waals surface area contributed by atoms with Gasteiger partial charge in [-0.3, -0.25) is 13.9 Å². The quantitative estimate of drug-likeness (QED) is 0.278. The largest absolute Gasteiger partial charge is 0.461 e. The van der Waals surface area contributed by atoms with E-state index in [-0.39, 0.29) is 25.1 Å². The molecule has 3 N–H and O–H groups in total. The minimum Gasteiger partial charge on any atom is -0.461 e. The van der Waals surface area contributed by atoms with Crippen LogP contribution >= 0.6 is 7.75 Å². The van der Waals surface area contributed by atoms with Crippen LogP contribution < -0.4 is 21.0 Å². The summed E-state index contributed by atoms with van der Waals surface area (Å²) in [6.07, 6.45) is 3.20. The number of carbonyl (C=O) groups is 1. The van der Waals surface area contributed by atoms with Gasteiger partial charge in [0, 0.05) is 11.6 Å². The van der Waals surface area contributed by atoms with Gasteiger partial charge in [-0.2, -0.15) is 10.1 Å². The summed E-state index contributed by atoms with van der Waals surface area (Å²) in [5.41, 5.74) is 4.96. The maximum Gasteiger partial charge on any atom is 0.459 e. The van der Waals surface area contributed by atoms with Crippen LogP contribution in [-0.2, 0) is 28.1 Å². The predicted molar refractivity (Wildman–Crippen MR) is 142 cm³/mol. The van der Waals surface area contributed by atoms with Gasteiger partial charge in [0.25, 0.3) is 0 Å². The highest BCUT2D eigenvalue weighted by Crippen LogP contribution is 2.47. The lowest BCUT2D eigenvalue weighted by molar-refractivity contribution is -0.150. The number of esters is 1. The number of nitrogens with one attached hydrogen (secondary N) is 1. The molecule has 0 spiro atoms. The molecular weight excluding hydrogens is 527 g/mol. The molecule has 0 radical (unpaired) electrons. The summed E-state index contributed by atoms with van der Waals surface area (Å²) in [4.78, 5) is 28.6. The number of benzene rings is 2. The van der Waals surface area contributed by atoms with E-state index in [0.717, 1.165) is 36.5 Å². The first kappa shape index (κ1) is 27.3. The lowest BCUT2D eigenvalue weighted by Gasteiger charge is -2.25. The van der Waals surface area contributed by atoms with E-state index in [9.17, 15) is 14.2 Å². The van der Waals surface area contributed by atoms with E-state index in [2.05, 4.69) is 10.1 Å². The van der Waals surface area contributed by atoms with E-state index < -0.39 is 38.0 Å². The number of hydrogen-bond donors (Lipinski definition) is 2. The second-order valence-corrected chi connectivity index (χ2v) is 11.1. The third-order valence-corrected chi connectivity index (χ3v) is 8.16. The van der Waals surface area contributed by atoms with Crippen molar-refractivity contribution in [2.24, 2.45) is 0 Å². The summed E-state index contributed by atoms with van der Waals surface area (Å²) in [5.74, 6) is -0.143. The maximum atomic E-state index is 14.0. The van der Waals surface area contributed by atoms with Crippen LogP contribution in [0.2, 0.25) is 0 Å². The van der Waals surface area contributed by atoms with E-state index in [1.807, 2.05) is 30.3 Å². The van der Waals surface area contributed by atoms with Crippen molar-refractivity contribution in [2.75, 3.05) is 18.9 Å². The molecule has 2 fully saturated rings. The summed E-state index contributed by atoms with van der Waals surface area (Å²) in [6.45, 7) is 1.26. The number of nitrogens with zero attached hydrogens (tertiary/aromatic N) is 2. The molecular formula is C26H31N4O8P. The molecule has 4 atom stereocenters. The lowest BCUT2D eigenvalue weighted by atomic mass is 10.1. The Morgan fingerprint density at radius 2 is 1.97 bits per heavy atom. The Bertz CT molecular complexity index is 1420. The molecule has 39 heavy (non-hydrogen) atoms. The highest BCUT2D eigenvalue weighted by atomic mass is 31.2. The zero-order chi connectivity index (χ0) is 27.4. The normalized spacial score (nSPS) is 22.0. The van der Waals surface area contributed by atoms with Crippen molar-refractivity contribution in [3.8, 4) is 5.75 Å². The summed E-state index contributed by atoms with van der Waals surface area (Å²) in [6, 6.07) is 13.3. The van der Waals surface area contributed by atoms with Gasteiger partial charge in [0.05, 0.1) is 6.61 Å². The summed E-state index contributed by atoms with van der Waals surface area (Å²) < 4.78 is 43.9. The standard InChI is InChI=1S/C26H31N4O8P/c1-17(25(31)36-19-9-3-4-10-19)29-39(33,38-21-12-6-8-18-7-2-5-11-20(18)21)35-16-24-34-15-23(37-24)30-14-13-22(27)28-26(30)32/h2,5-8,11-14,17,19,23-24H,3-4,9-10,15-16H2,1H3,(H,29,33)(H2,27,28,32)/t17-,23-,24-,39+/m0/s1. The van der Waals surface area contributed by atoms with Crippen LogP contribution in [0.1, 0.15) is 38.8 Å². The predicted octanol–water partition coefficient (Wildman–Crippen LogP) is 3.52. The van der Waals surface area contributed by atoms with E-state index in [1.54, 1.807) is 19.1 Å². The Hall–Kier alpha value is -3.28. The Morgan fingerprint density at radius 1 is 1.21 bits per heavy atom.